The van der Waals surface area contributed by atoms with Gasteiger partial charge in [-0.2, -0.15) is 0 Å². The van der Waals surface area contributed by atoms with Crippen LogP contribution in [0.3, 0.4) is 0 Å². The number of hydrogen-bond acceptors (Lipinski definition) is 3. The lowest BCUT2D eigenvalue weighted by Gasteiger charge is -2.10. The molecule has 0 aliphatic rings. The smallest absolute Gasteiger partial charge is 0.243 e. The van der Waals surface area contributed by atoms with Crippen LogP contribution in [0.25, 0.3) is 11.0 Å². The second kappa shape index (κ2) is 9.74. The summed E-state index contributed by atoms with van der Waals surface area (Å²) in [5.74, 6) is 1.58. The third-order valence-electron chi connectivity index (χ3n) is 4.72. The van der Waals surface area contributed by atoms with E-state index in [9.17, 15) is 4.79 Å². The molecule has 0 saturated carbocycles. The first-order valence-electron chi connectivity index (χ1n) is 9.77. The number of imidazole rings is 1. The van der Waals surface area contributed by atoms with Crippen LogP contribution in [-0.4, -0.2) is 22.1 Å². The number of hydrogen-bond donors (Lipinski definition) is 1. The van der Waals surface area contributed by atoms with Crippen LogP contribution in [0.4, 0.5) is 0 Å². The number of carbonyl (C=O) groups excluding carboxylic acids is 1. The molecule has 0 saturated heterocycles. The van der Waals surface area contributed by atoms with Crippen molar-refractivity contribution in [2.75, 3.05) is 6.61 Å². The zero-order chi connectivity index (χ0) is 19.8. The Morgan fingerprint density at radius 1 is 1.18 bits per heavy atom. The normalized spacial score (nSPS) is 10.8. The Bertz CT molecular complexity index is 929. The summed E-state index contributed by atoms with van der Waals surface area (Å²) in [5, 5.41) is 2.82. The van der Waals surface area contributed by atoms with Gasteiger partial charge in [-0.3, -0.25) is 4.79 Å². The van der Waals surface area contributed by atoms with Gasteiger partial charge in [0.05, 0.1) is 24.2 Å². The molecule has 28 heavy (non-hydrogen) atoms. The van der Waals surface area contributed by atoms with Gasteiger partial charge in [0.2, 0.25) is 5.91 Å². The lowest BCUT2D eigenvalue weighted by atomic mass is 10.2. The standard InChI is InChI=1S/C23H27N3O2/c1-3-18-11-13-19(14-12-18)28-16-8-7-15-26-21-10-6-5-9-20(21)25-22(26)17-24-23(27)4-2/h4-6,9-14H,2-3,7-8,15-17H2,1H3,(H,24,27). The topological polar surface area (TPSA) is 56.2 Å². The number of aryl methyl sites for hydroxylation is 2. The number of benzene rings is 2. The molecule has 0 aliphatic carbocycles. The molecular weight excluding hydrogens is 350 g/mol. The van der Waals surface area contributed by atoms with Crippen molar-refractivity contribution in [2.45, 2.75) is 39.3 Å². The number of unbranched alkanes of at least 4 members (excludes halogenated alkanes) is 1. The lowest BCUT2D eigenvalue weighted by molar-refractivity contribution is -0.116. The monoisotopic (exact) mass is 377 g/mol. The molecule has 1 heterocycles. The SMILES string of the molecule is C=CC(=O)NCc1nc2ccccc2n1CCCCOc1ccc(CC)cc1. The zero-order valence-electron chi connectivity index (χ0n) is 16.4. The second-order valence-electron chi connectivity index (χ2n) is 6.64. The maximum Gasteiger partial charge on any atom is 0.243 e. The molecule has 1 aromatic heterocycles. The van der Waals surface area contributed by atoms with E-state index in [0.29, 0.717) is 13.2 Å². The molecule has 0 spiro atoms. The van der Waals surface area contributed by atoms with Crippen LogP contribution in [0, 0.1) is 0 Å². The van der Waals surface area contributed by atoms with E-state index in [1.807, 2.05) is 30.3 Å². The predicted molar refractivity (Wildman–Crippen MR) is 112 cm³/mol. The van der Waals surface area contributed by atoms with Crippen molar-refractivity contribution in [3.05, 3.63) is 72.6 Å². The minimum absolute atomic E-state index is 0.193. The van der Waals surface area contributed by atoms with E-state index < -0.39 is 0 Å². The second-order valence-corrected chi connectivity index (χ2v) is 6.64. The molecule has 146 valence electrons. The Labute approximate surface area is 166 Å². The molecule has 3 rings (SSSR count). The van der Waals surface area contributed by atoms with Gasteiger partial charge in [0.1, 0.15) is 11.6 Å². The van der Waals surface area contributed by atoms with Crippen molar-refractivity contribution < 1.29 is 9.53 Å². The van der Waals surface area contributed by atoms with Crippen LogP contribution in [0.15, 0.2) is 61.2 Å². The van der Waals surface area contributed by atoms with E-state index in [2.05, 4.69) is 46.6 Å². The fourth-order valence-electron chi connectivity index (χ4n) is 3.13. The fourth-order valence-corrected chi connectivity index (χ4v) is 3.13. The molecule has 5 nitrogen and oxygen atoms in total. The highest BCUT2D eigenvalue weighted by atomic mass is 16.5. The Balaban J connectivity index is 1.56. The van der Waals surface area contributed by atoms with Crippen LogP contribution in [-0.2, 0) is 24.3 Å². The van der Waals surface area contributed by atoms with Crippen molar-refractivity contribution in [1.82, 2.24) is 14.9 Å². The highest BCUT2D eigenvalue weighted by Gasteiger charge is 2.10. The Hall–Kier alpha value is -3.08. The Morgan fingerprint density at radius 3 is 2.71 bits per heavy atom. The average Bonchev–Trinajstić information content (AvgIpc) is 3.09. The van der Waals surface area contributed by atoms with Crippen LogP contribution in [0.1, 0.15) is 31.2 Å². The number of nitrogens with zero attached hydrogens (tertiary/aromatic N) is 2. The highest BCUT2D eigenvalue weighted by Crippen LogP contribution is 2.17. The first-order chi connectivity index (χ1) is 13.7. The van der Waals surface area contributed by atoms with E-state index in [1.165, 1.54) is 11.6 Å². The first kappa shape index (κ1) is 19.7. The van der Waals surface area contributed by atoms with Crippen LogP contribution in [0.5, 0.6) is 5.75 Å². The minimum Gasteiger partial charge on any atom is -0.494 e. The zero-order valence-corrected chi connectivity index (χ0v) is 16.4. The van der Waals surface area contributed by atoms with Crippen molar-refractivity contribution in [3.8, 4) is 5.75 Å². The van der Waals surface area contributed by atoms with Gasteiger partial charge in [0, 0.05) is 6.54 Å². The largest absolute Gasteiger partial charge is 0.494 e. The van der Waals surface area contributed by atoms with Crippen molar-refractivity contribution in [3.63, 3.8) is 0 Å². The summed E-state index contributed by atoms with van der Waals surface area (Å²) in [6.07, 6.45) is 4.22. The van der Waals surface area contributed by atoms with Crippen molar-refractivity contribution in [2.24, 2.45) is 0 Å². The van der Waals surface area contributed by atoms with E-state index in [4.69, 9.17) is 4.74 Å². The molecule has 1 N–H and O–H groups in total. The first-order valence-corrected chi connectivity index (χ1v) is 9.77. The molecule has 2 aromatic carbocycles. The summed E-state index contributed by atoms with van der Waals surface area (Å²) in [5.41, 5.74) is 3.34. The van der Waals surface area contributed by atoms with E-state index in [1.54, 1.807) is 0 Å². The number of aromatic nitrogens is 2. The quantitative estimate of drug-likeness (QED) is 0.424. The molecule has 0 atom stereocenters. The third kappa shape index (κ3) is 5.00. The summed E-state index contributed by atoms with van der Waals surface area (Å²) in [4.78, 5) is 16.2. The third-order valence-corrected chi connectivity index (χ3v) is 4.72. The summed E-state index contributed by atoms with van der Waals surface area (Å²) in [6.45, 7) is 7.54. The van der Waals surface area contributed by atoms with Gasteiger partial charge in [0.15, 0.2) is 0 Å². The van der Waals surface area contributed by atoms with Gasteiger partial charge >= 0.3 is 0 Å². The summed E-state index contributed by atoms with van der Waals surface area (Å²) < 4.78 is 8.02. The minimum atomic E-state index is -0.193. The summed E-state index contributed by atoms with van der Waals surface area (Å²) >= 11 is 0. The molecule has 0 radical (unpaired) electrons. The van der Waals surface area contributed by atoms with E-state index >= 15 is 0 Å². The van der Waals surface area contributed by atoms with Crippen LogP contribution in [0.2, 0.25) is 0 Å². The van der Waals surface area contributed by atoms with Gasteiger partial charge in [-0.15, -0.1) is 0 Å². The molecule has 5 heteroatoms. The molecule has 3 aromatic rings. The maximum atomic E-state index is 11.5. The summed E-state index contributed by atoms with van der Waals surface area (Å²) in [6, 6.07) is 16.3. The lowest BCUT2D eigenvalue weighted by Crippen LogP contribution is -2.22. The highest BCUT2D eigenvalue weighted by molar-refractivity contribution is 5.86. The van der Waals surface area contributed by atoms with Crippen LogP contribution < -0.4 is 10.1 Å². The van der Waals surface area contributed by atoms with Gasteiger partial charge in [-0.1, -0.05) is 37.8 Å². The van der Waals surface area contributed by atoms with Crippen LogP contribution >= 0.6 is 0 Å². The molecule has 0 unspecified atom stereocenters. The number of amides is 1. The number of para-hydroxylation sites is 2. The molecule has 1 amide bonds. The number of carbonyl (C=O) groups is 1. The number of fused-ring (bicyclic) bond motifs is 1. The molecule has 0 fully saturated rings. The fraction of sp³-hybridized carbons (Fsp3) is 0.304. The molecule has 0 bridgehead atoms. The average molecular weight is 377 g/mol. The van der Waals surface area contributed by atoms with Crippen molar-refractivity contribution in [1.29, 1.82) is 0 Å². The van der Waals surface area contributed by atoms with E-state index in [0.717, 1.165) is 48.4 Å². The number of ether oxygens (including phenoxy) is 1. The molecular formula is C23H27N3O2. The summed E-state index contributed by atoms with van der Waals surface area (Å²) in [7, 11) is 0. The maximum absolute atomic E-state index is 11.5. The Kier molecular flexibility index (Phi) is 6.84. The van der Waals surface area contributed by atoms with Crippen molar-refractivity contribution >= 4 is 16.9 Å². The number of rotatable bonds is 10. The van der Waals surface area contributed by atoms with Gasteiger partial charge in [-0.05, 0) is 55.2 Å². The predicted octanol–water partition coefficient (Wildman–Crippen LogP) is 4.26. The van der Waals surface area contributed by atoms with Gasteiger partial charge in [0.25, 0.3) is 0 Å². The van der Waals surface area contributed by atoms with E-state index in [-0.39, 0.29) is 5.91 Å². The number of nitrogens with one attached hydrogen (secondary N) is 1. The Morgan fingerprint density at radius 2 is 1.96 bits per heavy atom. The van der Waals surface area contributed by atoms with Gasteiger partial charge < -0.3 is 14.6 Å². The van der Waals surface area contributed by atoms with Gasteiger partial charge in [-0.25, -0.2) is 4.98 Å². The molecule has 0 aliphatic heterocycles.